The molecule has 17 heavy (non-hydrogen) atoms. The van der Waals surface area contributed by atoms with E-state index in [2.05, 4.69) is 32.6 Å². The number of hydrazine groups is 1. The number of morpholine rings is 1. The van der Waals surface area contributed by atoms with Crippen LogP contribution in [0.1, 0.15) is 13.3 Å². The first-order chi connectivity index (χ1) is 8.38. The second-order valence-corrected chi connectivity index (χ2v) is 3.93. The summed E-state index contributed by atoms with van der Waals surface area (Å²) in [5, 5.41) is 5.31. The molecule has 1 aliphatic heterocycles. The average molecular weight is 237 g/mol. The van der Waals surface area contributed by atoms with Gasteiger partial charge in [0.15, 0.2) is 5.82 Å². The Bertz CT molecular complexity index is 340. The van der Waals surface area contributed by atoms with Crippen LogP contribution < -0.4 is 10.7 Å². The Balaban J connectivity index is 1.90. The zero-order valence-electron chi connectivity index (χ0n) is 10.1. The second kappa shape index (κ2) is 6.36. The third kappa shape index (κ3) is 3.83. The van der Waals surface area contributed by atoms with Crippen molar-refractivity contribution in [1.29, 1.82) is 0 Å². The lowest BCUT2D eigenvalue weighted by Crippen LogP contribution is -2.40. The molecule has 0 aromatic carbocycles. The normalized spacial score (nSPS) is 16.8. The van der Waals surface area contributed by atoms with Crippen molar-refractivity contribution in [3.63, 3.8) is 0 Å². The summed E-state index contributed by atoms with van der Waals surface area (Å²) >= 11 is 0. The largest absolute Gasteiger partial charge is 0.379 e. The molecule has 0 saturated carbocycles. The van der Waals surface area contributed by atoms with Gasteiger partial charge in [0.25, 0.3) is 0 Å². The molecule has 94 valence electrons. The van der Waals surface area contributed by atoms with Crippen LogP contribution in [-0.4, -0.2) is 47.8 Å². The highest BCUT2D eigenvalue weighted by Crippen LogP contribution is 2.08. The van der Waals surface area contributed by atoms with E-state index in [1.165, 1.54) is 0 Å². The Morgan fingerprint density at radius 1 is 1.29 bits per heavy atom. The number of aromatic nitrogens is 2. The van der Waals surface area contributed by atoms with E-state index < -0.39 is 0 Å². The summed E-state index contributed by atoms with van der Waals surface area (Å²) in [4.78, 5) is 8.59. The van der Waals surface area contributed by atoms with Crippen molar-refractivity contribution in [2.24, 2.45) is 0 Å². The molecule has 2 rings (SSSR count). The first-order valence-electron chi connectivity index (χ1n) is 6.04. The molecule has 0 unspecified atom stereocenters. The Morgan fingerprint density at radius 3 is 2.82 bits per heavy atom. The van der Waals surface area contributed by atoms with Crippen molar-refractivity contribution in [3.8, 4) is 0 Å². The Labute approximate surface area is 101 Å². The van der Waals surface area contributed by atoms with Crippen LogP contribution in [0.5, 0.6) is 0 Å². The van der Waals surface area contributed by atoms with E-state index in [4.69, 9.17) is 4.74 Å². The zero-order valence-corrected chi connectivity index (χ0v) is 10.1. The molecule has 1 aromatic heterocycles. The van der Waals surface area contributed by atoms with Gasteiger partial charge in [0, 0.05) is 19.6 Å². The molecule has 6 heteroatoms. The van der Waals surface area contributed by atoms with E-state index >= 15 is 0 Å². The lowest BCUT2D eigenvalue weighted by Gasteiger charge is -2.27. The molecule has 1 aromatic rings. The van der Waals surface area contributed by atoms with E-state index in [1.807, 2.05) is 0 Å². The van der Waals surface area contributed by atoms with Gasteiger partial charge in [-0.05, 0) is 6.42 Å². The highest BCUT2D eigenvalue weighted by molar-refractivity contribution is 5.40. The van der Waals surface area contributed by atoms with Gasteiger partial charge in [0.05, 0.1) is 25.6 Å². The summed E-state index contributed by atoms with van der Waals surface area (Å²) < 4.78 is 5.28. The maximum absolute atomic E-state index is 5.28. The summed E-state index contributed by atoms with van der Waals surface area (Å²) in [6, 6.07) is 0. The highest BCUT2D eigenvalue weighted by atomic mass is 16.5. The van der Waals surface area contributed by atoms with Crippen LogP contribution in [0, 0.1) is 0 Å². The fourth-order valence-corrected chi connectivity index (χ4v) is 1.60. The fourth-order valence-electron chi connectivity index (χ4n) is 1.60. The van der Waals surface area contributed by atoms with Crippen molar-refractivity contribution in [2.45, 2.75) is 13.3 Å². The molecular formula is C11H19N5O. The van der Waals surface area contributed by atoms with Crippen LogP contribution in [0.4, 0.5) is 11.6 Å². The molecule has 1 aliphatic rings. The molecule has 6 nitrogen and oxygen atoms in total. The van der Waals surface area contributed by atoms with E-state index in [-0.39, 0.29) is 0 Å². The molecule has 2 N–H and O–H groups in total. The van der Waals surface area contributed by atoms with E-state index in [0.29, 0.717) is 0 Å². The minimum atomic E-state index is 0.758. The van der Waals surface area contributed by atoms with Crippen LogP contribution in [0.3, 0.4) is 0 Å². The molecule has 0 aliphatic carbocycles. The van der Waals surface area contributed by atoms with Gasteiger partial charge in [-0.25, -0.2) is 9.99 Å². The Hall–Kier alpha value is -1.40. The third-order valence-electron chi connectivity index (χ3n) is 2.47. The maximum Gasteiger partial charge on any atom is 0.161 e. The number of ether oxygens (including phenoxy) is 1. The van der Waals surface area contributed by atoms with Crippen LogP contribution in [0.15, 0.2) is 12.4 Å². The lowest BCUT2D eigenvalue weighted by atomic mass is 10.5. The molecule has 1 fully saturated rings. The summed E-state index contributed by atoms with van der Waals surface area (Å²) in [6.07, 6.45) is 4.54. The molecular weight excluding hydrogens is 218 g/mol. The van der Waals surface area contributed by atoms with Gasteiger partial charge < -0.3 is 15.5 Å². The molecule has 0 radical (unpaired) electrons. The molecule has 2 heterocycles. The molecule has 0 amide bonds. The Morgan fingerprint density at radius 2 is 2.06 bits per heavy atom. The van der Waals surface area contributed by atoms with Crippen molar-refractivity contribution < 1.29 is 4.74 Å². The lowest BCUT2D eigenvalue weighted by molar-refractivity contribution is 0.0495. The average Bonchev–Trinajstić information content (AvgIpc) is 2.38. The first kappa shape index (κ1) is 12.1. The number of nitrogens with one attached hydrogen (secondary N) is 2. The van der Waals surface area contributed by atoms with Gasteiger partial charge in [0.1, 0.15) is 5.82 Å². The van der Waals surface area contributed by atoms with E-state index in [0.717, 1.165) is 50.9 Å². The van der Waals surface area contributed by atoms with Crippen molar-refractivity contribution >= 4 is 11.6 Å². The quantitative estimate of drug-likeness (QED) is 0.795. The van der Waals surface area contributed by atoms with Crippen LogP contribution in [0.2, 0.25) is 0 Å². The summed E-state index contributed by atoms with van der Waals surface area (Å²) in [7, 11) is 0. The number of nitrogens with zero attached hydrogens (tertiary/aromatic N) is 3. The molecule has 0 spiro atoms. The van der Waals surface area contributed by atoms with Gasteiger partial charge in [-0.2, -0.15) is 0 Å². The van der Waals surface area contributed by atoms with Crippen molar-refractivity contribution in [1.82, 2.24) is 15.0 Å². The van der Waals surface area contributed by atoms with Crippen LogP contribution >= 0.6 is 0 Å². The highest BCUT2D eigenvalue weighted by Gasteiger charge is 2.10. The third-order valence-corrected chi connectivity index (χ3v) is 2.47. The Kier molecular flexibility index (Phi) is 4.52. The van der Waals surface area contributed by atoms with E-state index in [9.17, 15) is 0 Å². The summed E-state index contributed by atoms with van der Waals surface area (Å²) in [5.74, 6) is 1.58. The summed E-state index contributed by atoms with van der Waals surface area (Å²) in [6.45, 7) is 6.29. The smallest absolute Gasteiger partial charge is 0.161 e. The minimum absolute atomic E-state index is 0.758. The van der Waals surface area contributed by atoms with Crippen LogP contribution in [-0.2, 0) is 4.74 Å². The first-order valence-corrected chi connectivity index (χ1v) is 6.04. The fraction of sp³-hybridized carbons (Fsp3) is 0.636. The molecule has 0 atom stereocenters. The van der Waals surface area contributed by atoms with Gasteiger partial charge >= 0.3 is 0 Å². The van der Waals surface area contributed by atoms with Gasteiger partial charge in [0.2, 0.25) is 0 Å². The predicted octanol–water partition coefficient (Wildman–Crippen LogP) is 0.958. The van der Waals surface area contributed by atoms with Crippen molar-refractivity contribution in [3.05, 3.63) is 12.4 Å². The number of anilines is 2. The SMILES string of the molecule is CCCNc1cncc(NN2CCOCC2)n1. The number of hydrogen-bond donors (Lipinski definition) is 2. The molecule has 0 bridgehead atoms. The predicted molar refractivity (Wildman–Crippen MR) is 66.8 cm³/mol. The van der Waals surface area contributed by atoms with Crippen molar-refractivity contribution in [2.75, 3.05) is 43.6 Å². The monoisotopic (exact) mass is 237 g/mol. The minimum Gasteiger partial charge on any atom is -0.379 e. The van der Waals surface area contributed by atoms with Gasteiger partial charge in [-0.3, -0.25) is 4.98 Å². The van der Waals surface area contributed by atoms with Crippen LogP contribution in [0.25, 0.3) is 0 Å². The summed E-state index contributed by atoms with van der Waals surface area (Å²) in [5.41, 5.74) is 3.24. The number of rotatable bonds is 5. The van der Waals surface area contributed by atoms with Gasteiger partial charge in [-0.15, -0.1) is 0 Å². The zero-order chi connectivity index (χ0) is 11.9. The maximum atomic E-state index is 5.28. The second-order valence-electron chi connectivity index (χ2n) is 3.93. The molecule has 1 saturated heterocycles. The topological polar surface area (TPSA) is 62.3 Å². The van der Waals surface area contributed by atoms with Gasteiger partial charge in [-0.1, -0.05) is 6.92 Å². The standard InChI is InChI=1S/C11H19N5O/c1-2-3-13-10-8-12-9-11(14-10)15-16-4-6-17-7-5-16/h8-9H,2-7H2,1H3,(H2,13,14,15). The number of hydrogen-bond acceptors (Lipinski definition) is 6. The van der Waals surface area contributed by atoms with E-state index in [1.54, 1.807) is 12.4 Å².